The third kappa shape index (κ3) is 3.03. The summed E-state index contributed by atoms with van der Waals surface area (Å²) in [5, 5.41) is 9.96. The summed E-state index contributed by atoms with van der Waals surface area (Å²) in [6.45, 7) is 6.21. The molecule has 3 rings (SSSR count). The average molecular weight is 282 g/mol. The summed E-state index contributed by atoms with van der Waals surface area (Å²) in [6, 6.07) is 18.7. The maximum atomic E-state index is 9.96. The second kappa shape index (κ2) is 6.19. The van der Waals surface area contributed by atoms with Crippen LogP contribution in [0.15, 0.2) is 54.6 Å². The second-order valence-electron chi connectivity index (χ2n) is 5.60. The van der Waals surface area contributed by atoms with E-state index in [0.29, 0.717) is 11.8 Å². The lowest BCUT2D eigenvalue weighted by atomic mass is 10.1. The zero-order valence-electron chi connectivity index (χ0n) is 12.4. The van der Waals surface area contributed by atoms with Crippen LogP contribution in [-0.2, 0) is 0 Å². The average Bonchev–Trinajstić information content (AvgIpc) is 2.56. The molecule has 1 atom stereocenters. The number of benzene rings is 2. The molecule has 3 nitrogen and oxygen atoms in total. The number of aromatic hydroxyl groups is 1. The molecule has 2 aromatic carbocycles. The molecule has 0 bridgehead atoms. The van der Waals surface area contributed by atoms with Crippen molar-refractivity contribution in [1.29, 1.82) is 0 Å². The van der Waals surface area contributed by atoms with Crippen LogP contribution in [0, 0.1) is 0 Å². The van der Waals surface area contributed by atoms with Crippen LogP contribution in [0.2, 0.25) is 0 Å². The number of anilines is 1. The van der Waals surface area contributed by atoms with Crippen molar-refractivity contribution in [2.75, 3.05) is 31.1 Å². The molecule has 110 valence electrons. The van der Waals surface area contributed by atoms with Crippen LogP contribution in [0.5, 0.6) is 5.75 Å². The van der Waals surface area contributed by atoms with Gasteiger partial charge in [-0.2, -0.15) is 0 Å². The number of phenols is 1. The number of nitrogens with zero attached hydrogens (tertiary/aromatic N) is 2. The van der Waals surface area contributed by atoms with Gasteiger partial charge in [0.2, 0.25) is 0 Å². The Bertz CT molecular complexity index is 577. The fourth-order valence-electron chi connectivity index (χ4n) is 3.02. The molecule has 1 heterocycles. The first-order valence-electron chi connectivity index (χ1n) is 7.57. The zero-order valence-corrected chi connectivity index (χ0v) is 12.4. The first-order valence-corrected chi connectivity index (χ1v) is 7.57. The first kappa shape index (κ1) is 14.0. The Labute approximate surface area is 126 Å². The van der Waals surface area contributed by atoms with E-state index in [9.17, 15) is 5.11 Å². The fraction of sp³-hybridized carbons (Fsp3) is 0.333. The number of piperazine rings is 1. The standard InChI is InChI=1S/C18H22N2O/c1-15(16-7-3-2-4-8-16)19-11-13-20(14-12-19)17-9-5-6-10-18(17)21/h2-10,15,21H,11-14H2,1H3. The molecule has 0 radical (unpaired) electrons. The van der Waals surface area contributed by atoms with E-state index in [4.69, 9.17) is 0 Å². The van der Waals surface area contributed by atoms with Crippen molar-refractivity contribution in [2.24, 2.45) is 0 Å². The van der Waals surface area contributed by atoms with Crippen molar-refractivity contribution in [3.8, 4) is 5.75 Å². The quantitative estimate of drug-likeness (QED) is 0.936. The number of hydrogen-bond donors (Lipinski definition) is 1. The van der Waals surface area contributed by atoms with Crippen molar-refractivity contribution >= 4 is 5.69 Å². The van der Waals surface area contributed by atoms with Crippen LogP contribution >= 0.6 is 0 Å². The Morgan fingerprint density at radius 1 is 0.857 bits per heavy atom. The van der Waals surface area contributed by atoms with Gasteiger partial charge in [-0.25, -0.2) is 0 Å². The van der Waals surface area contributed by atoms with E-state index in [2.05, 4.69) is 47.1 Å². The van der Waals surface area contributed by atoms with Crippen molar-refractivity contribution in [2.45, 2.75) is 13.0 Å². The van der Waals surface area contributed by atoms with Crippen molar-refractivity contribution in [3.63, 3.8) is 0 Å². The highest BCUT2D eigenvalue weighted by molar-refractivity contribution is 5.57. The monoisotopic (exact) mass is 282 g/mol. The Morgan fingerprint density at radius 2 is 1.48 bits per heavy atom. The first-order chi connectivity index (χ1) is 10.3. The Hall–Kier alpha value is -2.00. The van der Waals surface area contributed by atoms with Crippen LogP contribution in [0.4, 0.5) is 5.69 Å². The van der Waals surface area contributed by atoms with Gasteiger partial charge < -0.3 is 10.0 Å². The third-order valence-corrected chi connectivity index (χ3v) is 4.37. The topological polar surface area (TPSA) is 26.7 Å². The summed E-state index contributed by atoms with van der Waals surface area (Å²) in [7, 11) is 0. The van der Waals surface area contributed by atoms with E-state index in [-0.39, 0.29) is 0 Å². The lowest BCUT2D eigenvalue weighted by molar-refractivity contribution is 0.198. The number of para-hydroxylation sites is 2. The van der Waals surface area contributed by atoms with Gasteiger partial charge in [0.25, 0.3) is 0 Å². The van der Waals surface area contributed by atoms with Gasteiger partial charge in [0.15, 0.2) is 0 Å². The fourth-order valence-corrected chi connectivity index (χ4v) is 3.02. The van der Waals surface area contributed by atoms with E-state index in [1.807, 2.05) is 18.2 Å². The van der Waals surface area contributed by atoms with Gasteiger partial charge in [-0.05, 0) is 24.6 Å². The number of hydrogen-bond acceptors (Lipinski definition) is 3. The maximum Gasteiger partial charge on any atom is 0.138 e. The van der Waals surface area contributed by atoms with Gasteiger partial charge in [0.05, 0.1) is 5.69 Å². The lowest BCUT2D eigenvalue weighted by Crippen LogP contribution is -2.47. The molecular weight excluding hydrogens is 260 g/mol. The number of rotatable bonds is 3. The molecule has 1 N–H and O–H groups in total. The minimum Gasteiger partial charge on any atom is -0.506 e. The Morgan fingerprint density at radius 3 is 2.14 bits per heavy atom. The predicted molar refractivity (Wildman–Crippen MR) is 86.7 cm³/mol. The molecule has 1 aliphatic rings. The van der Waals surface area contributed by atoms with Crippen LogP contribution in [0.1, 0.15) is 18.5 Å². The highest BCUT2D eigenvalue weighted by Gasteiger charge is 2.23. The number of phenolic OH excluding ortho intramolecular Hbond substituents is 1. The van der Waals surface area contributed by atoms with Gasteiger partial charge in [-0.3, -0.25) is 4.90 Å². The highest BCUT2D eigenvalue weighted by atomic mass is 16.3. The molecule has 0 aliphatic carbocycles. The van der Waals surface area contributed by atoms with E-state index in [0.717, 1.165) is 31.9 Å². The Balaban J connectivity index is 1.64. The molecule has 0 spiro atoms. The van der Waals surface area contributed by atoms with Gasteiger partial charge in [0.1, 0.15) is 5.75 Å². The smallest absolute Gasteiger partial charge is 0.138 e. The molecule has 0 saturated carbocycles. The minimum absolute atomic E-state index is 0.377. The summed E-state index contributed by atoms with van der Waals surface area (Å²) in [4.78, 5) is 4.77. The Kier molecular flexibility index (Phi) is 4.11. The molecule has 0 aromatic heterocycles. The van der Waals surface area contributed by atoms with E-state index < -0.39 is 0 Å². The molecular formula is C18H22N2O. The zero-order chi connectivity index (χ0) is 14.7. The summed E-state index contributed by atoms with van der Waals surface area (Å²) >= 11 is 0. The van der Waals surface area contributed by atoms with Crippen molar-refractivity contribution in [1.82, 2.24) is 4.90 Å². The highest BCUT2D eigenvalue weighted by Crippen LogP contribution is 2.29. The summed E-state index contributed by atoms with van der Waals surface area (Å²) in [5.74, 6) is 0.377. The molecule has 0 amide bonds. The van der Waals surface area contributed by atoms with E-state index in [1.54, 1.807) is 6.07 Å². The van der Waals surface area contributed by atoms with Gasteiger partial charge in [-0.15, -0.1) is 0 Å². The third-order valence-electron chi connectivity index (χ3n) is 4.37. The molecule has 1 saturated heterocycles. The molecule has 1 unspecified atom stereocenters. The van der Waals surface area contributed by atoms with Crippen LogP contribution in [0.3, 0.4) is 0 Å². The second-order valence-corrected chi connectivity index (χ2v) is 5.60. The van der Waals surface area contributed by atoms with Crippen LogP contribution in [0.25, 0.3) is 0 Å². The summed E-state index contributed by atoms with van der Waals surface area (Å²) in [5.41, 5.74) is 2.32. The SMILES string of the molecule is CC(c1ccccc1)N1CCN(c2ccccc2O)CC1. The molecule has 2 aromatic rings. The van der Waals surface area contributed by atoms with Gasteiger partial charge in [0, 0.05) is 32.2 Å². The molecule has 1 aliphatic heterocycles. The maximum absolute atomic E-state index is 9.96. The minimum atomic E-state index is 0.377. The van der Waals surface area contributed by atoms with E-state index in [1.165, 1.54) is 5.56 Å². The predicted octanol–water partition coefficient (Wildman–Crippen LogP) is 3.28. The molecule has 1 fully saturated rings. The van der Waals surface area contributed by atoms with Crippen LogP contribution in [-0.4, -0.2) is 36.2 Å². The van der Waals surface area contributed by atoms with E-state index >= 15 is 0 Å². The molecule has 21 heavy (non-hydrogen) atoms. The molecule has 3 heteroatoms. The van der Waals surface area contributed by atoms with Gasteiger partial charge >= 0.3 is 0 Å². The summed E-state index contributed by atoms with van der Waals surface area (Å²) in [6.07, 6.45) is 0. The van der Waals surface area contributed by atoms with Crippen LogP contribution < -0.4 is 4.90 Å². The lowest BCUT2D eigenvalue weighted by Gasteiger charge is -2.39. The van der Waals surface area contributed by atoms with Gasteiger partial charge in [-0.1, -0.05) is 42.5 Å². The largest absolute Gasteiger partial charge is 0.506 e. The van der Waals surface area contributed by atoms with Crippen molar-refractivity contribution in [3.05, 3.63) is 60.2 Å². The van der Waals surface area contributed by atoms with Crippen molar-refractivity contribution < 1.29 is 5.11 Å². The summed E-state index contributed by atoms with van der Waals surface area (Å²) < 4.78 is 0. The normalized spacial score (nSPS) is 17.7.